The number of hydrogen-bond acceptors (Lipinski definition) is 4. The van der Waals surface area contributed by atoms with Gasteiger partial charge in [-0.2, -0.15) is 0 Å². The van der Waals surface area contributed by atoms with Crippen LogP contribution in [0.5, 0.6) is 5.75 Å². The fourth-order valence-corrected chi connectivity index (χ4v) is 4.03. The standard InChI is InChI=1S/C23H30N4O/c1-15(2)23-24-11-17-12-26(9-8-21(17)25-23)13-18-14-27(16(3)4)22-7-6-19(28-5)10-20(18)22/h6-7,10-11,14-16H,8-9,12-13H2,1-5H3. The van der Waals surface area contributed by atoms with Gasteiger partial charge in [-0.05, 0) is 37.6 Å². The largest absolute Gasteiger partial charge is 0.497 e. The molecule has 3 aromatic rings. The van der Waals surface area contributed by atoms with Crippen LogP contribution in [0.2, 0.25) is 0 Å². The molecular weight excluding hydrogens is 348 g/mol. The Hall–Kier alpha value is -2.40. The molecule has 1 aromatic carbocycles. The summed E-state index contributed by atoms with van der Waals surface area (Å²) < 4.78 is 7.84. The minimum absolute atomic E-state index is 0.375. The van der Waals surface area contributed by atoms with Crippen LogP contribution < -0.4 is 4.74 Å². The van der Waals surface area contributed by atoms with Crippen LogP contribution in [0, 0.1) is 0 Å². The summed E-state index contributed by atoms with van der Waals surface area (Å²) in [7, 11) is 1.73. The van der Waals surface area contributed by atoms with E-state index >= 15 is 0 Å². The third-order valence-electron chi connectivity index (χ3n) is 5.62. The molecule has 2 aromatic heterocycles. The number of rotatable bonds is 5. The predicted octanol–water partition coefficient (Wildman–Crippen LogP) is 4.70. The van der Waals surface area contributed by atoms with Crippen molar-refractivity contribution in [1.82, 2.24) is 19.4 Å². The molecule has 0 bridgehead atoms. The molecule has 0 radical (unpaired) electrons. The fraction of sp³-hybridized carbons (Fsp3) is 0.478. The van der Waals surface area contributed by atoms with Crippen LogP contribution in [0.1, 0.15) is 62.3 Å². The molecule has 148 valence electrons. The monoisotopic (exact) mass is 378 g/mol. The molecule has 0 amide bonds. The van der Waals surface area contributed by atoms with Gasteiger partial charge in [-0.25, -0.2) is 9.97 Å². The SMILES string of the molecule is COc1ccc2c(c1)c(CN1CCc3nc(C(C)C)ncc3C1)cn2C(C)C. The first-order chi connectivity index (χ1) is 13.5. The average molecular weight is 379 g/mol. The Kier molecular flexibility index (Phi) is 5.11. The molecule has 0 atom stereocenters. The van der Waals surface area contributed by atoms with Gasteiger partial charge in [0.1, 0.15) is 11.6 Å². The zero-order valence-corrected chi connectivity index (χ0v) is 17.6. The Bertz CT molecular complexity index is 990. The Morgan fingerprint density at radius 1 is 1.18 bits per heavy atom. The molecule has 1 aliphatic heterocycles. The quantitative estimate of drug-likeness (QED) is 0.645. The number of ether oxygens (including phenoxy) is 1. The first-order valence-corrected chi connectivity index (χ1v) is 10.2. The summed E-state index contributed by atoms with van der Waals surface area (Å²) in [6.45, 7) is 11.6. The van der Waals surface area contributed by atoms with Crippen molar-refractivity contribution in [3.05, 3.63) is 53.2 Å². The highest BCUT2D eigenvalue weighted by molar-refractivity contribution is 5.85. The van der Waals surface area contributed by atoms with E-state index in [0.29, 0.717) is 12.0 Å². The fourth-order valence-electron chi connectivity index (χ4n) is 4.03. The van der Waals surface area contributed by atoms with Crippen molar-refractivity contribution in [3.63, 3.8) is 0 Å². The maximum atomic E-state index is 5.47. The Labute approximate surface area is 167 Å². The highest BCUT2D eigenvalue weighted by Gasteiger charge is 2.21. The molecule has 1 aliphatic rings. The molecule has 28 heavy (non-hydrogen) atoms. The van der Waals surface area contributed by atoms with Crippen molar-refractivity contribution in [2.45, 2.75) is 59.2 Å². The highest BCUT2D eigenvalue weighted by atomic mass is 16.5. The van der Waals surface area contributed by atoms with Gasteiger partial charge in [0.15, 0.2) is 0 Å². The summed E-state index contributed by atoms with van der Waals surface area (Å²) in [5.41, 5.74) is 5.11. The van der Waals surface area contributed by atoms with Crippen LogP contribution in [0.3, 0.4) is 0 Å². The summed E-state index contributed by atoms with van der Waals surface area (Å²) in [6.07, 6.45) is 5.33. The number of aromatic nitrogens is 3. The minimum atomic E-state index is 0.375. The average Bonchev–Trinajstić information content (AvgIpc) is 3.05. The molecule has 0 aliphatic carbocycles. The molecule has 5 heteroatoms. The summed E-state index contributed by atoms with van der Waals surface area (Å²) in [5.74, 6) is 2.24. The van der Waals surface area contributed by atoms with E-state index in [4.69, 9.17) is 9.72 Å². The van der Waals surface area contributed by atoms with Crippen molar-refractivity contribution in [2.75, 3.05) is 13.7 Å². The van der Waals surface area contributed by atoms with E-state index in [9.17, 15) is 0 Å². The topological polar surface area (TPSA) is 43.2 Å². The molecule has 4 rings (SSSR count). The van der Waals surface area contributed by atoms with E-state index in [1.807, 2.05) is 12.3 Å². The van der Waals surface area contributed by atoms with Gasteiger partial charge in [0.25, 0.3) is 0 Å². The van der Waals surface area contributed by atoms with E-state index in [1.165, 1.54) is 27.7 Å². The van der Waals surface area contributed by atoms with E-state index in [2.05, 4.69) is 60.5 Å². The van der Waals surface area contributed by atoms with Crippen LogP contribution in [0.25, 0.3) is 10.9 Å². The Morgan fingerprint density at radius 3 is 2.71 bits per heavy atom. The van der Waals surface area contributed by atoms with Gasteiger partial charge in [-0.15, -0.1) is 0 Å². The van der Waals surface area contributed by atoms with Gasteiger partial charge in [0.05, 0.1) is 7.11 Å². The maximum absolute atomic E-state index is 5.47. The minimum Gasteiger partial charge on any atom is -0.497 e. The van der Waals surface area contributed by atoms with Gasteiger partial charge < -0.3 is 9.30 Å². The lowest BCUT2D eigenvalue weighted by atomic mass is 10.1. The first-order valence-electron chi connectivity index (χ1n) is 10.2. The van der Waals surface area contributed by atoms with Crippen molar-refractivity contribution in [3.8, 4) is 5.75 Å². The normalized spacial score (nSPS) is 14.8. The maximum Gasteiger partial charge on any atom is 0.131 e. The lowest BCUT2D eigenvalue weighted by Crippen LogP contribution is -2.31. The zero-order valence-electron chi connectivity index (χ0n) is 17.6. The lowest BCUT2D eigenvalue weighted by molar-refractivity contribution is 0.243. The second kappa shape index (κ2) is 7.55. The molecule has 0 spiro atoms. The number of benzene rings is 1. The summed E-state index contributed by atoms with van der Waals surface area (Å²) in [4.78, 5) is 11.9. The third kappa shape index (κ3) is 3.51. The smallest absolute Gasteiger partial charge is 0.131 e. The van der Waals surface area contributed by atoms with Crippen molar-refractivity contribution in [1.29, 1.82) is 0 Å². The number of hydrogen-bond donors (Lipinski definition) is 0. The molecule has 0 saturated heterocycles. The molecule has 0 fully saturated rings. The van der Waals surface area contributed by atoms with Gasteiger partial charge >= 0.3 is 0 Å². The van der Waals surface area contributed by atoms with Crippen LogP contribution in [0.15, 0.2) is 30.6 Å². The van der Waals surface area contributed by atoms with Crippen molar-refractivity contribution in [2.24, 2.45) is 0 Å². The lowest BCUT2D eigenvalue weighted by Gasteiger charge is -2.28. The highest BCUT2D eigenvalue weighted by Crippen LogP contribution is 2.30. The van der Waals surface area contributed by atoms with Crippen molar-refractivity contribution < 1.29 is 4.74 Å². The van der Waals surface area contributed by atoms with E-state index < -0.39 is 0 Å². The van der Waals surface area contributed by atoms with Crippen LogP contribution >= 0.6 is 0 Å². The van der Waals surface area contributed by atoms with Gasteiger partial charge in [-0.1, -0.05) is 13.8 Å². The van der Waals surface area contributed by atoms with Gasteiger partial charge in [0.2, 0.25) is 0 Å². The van der Waals surface area contributed by atoms with E-state index in [1.54, 1.807) is 7.11 Å². The molecular formula is C23H30N4O. The van der Waals surface area contributed by atoms with E-state index in [-0.39, 0.29) is 0 Å². The summed E-state index contributed by atoms with van der Waals surface area (Å²) >= 11 is 0. The second-order valence-corrected chi connectivity index (χ2v) is 8.35. The Morgan fingerprint density at radius 2 is 2.00 bits per heavy atom. The van der Waals surface area contributed by atoms with Crippen LogP contribution in [-0.4, -0.2) is 33.1 Å². The molecule has 3 heterocycles. The van der Waals surface area contributed by atoms with Crippen molar-refractivity contribution >= 4 is 10.9 Å². The zero-order chi connectivity index (χ0) is 19.8. The number of fused-ring (bicyclic) bond motifs is 2. The third-order valence-corrected chi connectivity index (χ3v) is 5.62. The number of methoxy groups -OCH3 is 1. The predicted molar refractivity (Wildman–Crippen MR) is 113 cm³/mol. The molecule has 0 saturated carbocycles. The second-order valence-electron chi connectivity index (χ2n) is 8.35. The Balaban J connectivity index is 1.62. The van der Waals surface area contributed by atoms with Gasteiger partial charge in [0, 0.05) is 72.6 Å². The molecule has 0 N–H and O–H groups in total. The molecule has 5 nitrogen and oxygen atoms in total. The van der Waals surface area contributed by atoms with Gasteiger partial charge in [-0.3, -0.25) is 4.90 Å². The van der Waals surface area contributed by atoms with E-state index in [0.717, 1.165) is 37.6 Å². The van der Waals surface area contributed by atoms with Crippen LogP contribution in [0.4, 0.5) is 0 Å². The number of nitrogens with zero attached hydrogens (tertiary/aromatic N) is 4. The van der Waals surface area contributed by atoms with Crippen LogP contribution in [-0.2, 0) is 19.5 Å². The summed E-state index contributed by atoms with van der Waals surface area (Å²) in [6, 6.07) is 6.81. The first kappa shape index (κ1) is 18.9. The molecule has 0 unspecified atom stereocenters. The summed E-state index contributed by atoms with van der Waals surface area (Å²) in [5, 5.41) is 1.28.